The molecular weight excluding hydrogens is 195 g/mol. The molecule has 1 fully saturated rings. The fourth-order valence-corrected chi connectivity index (χ4v) is 1.67. The van der Waals surface area contributed by atoms with Gasteiger partial charge in [0.25, 0.3) is 0 Å². The molecule has 3 nitrogen and oxygen atoms in total. The van der Waals surface area contributed by atoms with Crippen LogP contribution in [0.2, 0.25) is 0 Å². The van der Waals surface area contributed by atoms with E-state index in [2.05, 4.69) is 11.4 Å². The average molecular weight is 206 g/mol. The normalized spacial score (nSPS) is 25.9. The van der Waals surface area contributed by atoms with Crippen LogP contribution in [-0.2, 0) is 4.74 Å². The van der Waals surface area contributed by atoms with Gasteiger partial charge in [-0.3, -0.25) is 0 Å². The first-order chi connectivity index (χ1) is 7.31. The maximum absolute atomic E-state index is 13.0. The highest BCUT2D eigenvalue weighted by atomic mass is 19.1. The molecular formula is C11H11FN2O. The Morgan fingerprint density at radius 1 is 1.40 bits per heavy atom. The summed E-state index contributed by atoms with van der Waals surface area (Å²) in [5.41, 5.74) is 1.29. The molecule has 1 heterocycles. The molecule has 78 valence electrons. The van der Waals surface area contributed by atoms with Crippen LogP contribution in [0.5, 0.6) is 0 Å². The van der Waals surface area contributed by atoms with Gasteiger partial charge in [-0.2, -0.15) is 5.26 Å². The molecule has 0 bridgehead atoms. The van der Waals surface area contributed by atoms with E-state index in [-0.39, 0.29) is 12.6 Å². The van der Waals surface area contributed by atoms with Gasteiger partial charge in [-0.25, -0.2) is 4.39 Å². The highest BCUT2D eigenvalue weighted by Gasteiger charge is 2.24. The predicted octanol–water partition coefficient (Wildman–Crippen LogP) is 1.51. The first-order valence-electron chi connectivity index (χ1n) is 4.80. The Kier molecular flexibility index (Phi) is 2.95. The topological polar surface area (TPSA) is 45.0 Å². The van der Waals surface area contributed by atoms with Crippen molar-refractivity contribution in [2.24, 2.45) is 0 Å². The van der Waals surface area contributed by atoms with Gasteiger partial charge < -0.3 is 10.1 Å². The van der Waals surface area contributed by atoms with Crippen LogP contribution in [0.3, 0.4) is 0 Å². The number of morpholine rings is 1. The molecule has 1 aliphatic heterocycles. The first kappa shape index (κ1) is 10.1. The lowest BCUT2D eigenvalue weighted by molar-refractivity contribution is -0.107. The molecule has 0 radical (unpaired) electrons. The fraction of sp³-hybridized carbons (Fsp3) is 0.364. The first-order valence-corrected chi connectivity index (χ1v) is 4.80. The third kappa shape index (κ3) is 2.14. The summed E-state index contributed by atoms with van der Waals surface area (Å²) in [6.07, 6.45) is -1.67. The van der Waals surface area contributed by atoms with E-state index in [0.29, 0.717) is 12.1 Å². The molecule has 1 aliphatic rings. The SMILES string of the molecule is N#Cc1ccccc1C1CNCC(F)O1. The molecule has 0 spiro atoms. The van der Waals surface area contributed by atoms with Crippen LogP contribution < -0.4 is 5.32 Å². The summed E-state index contributed by atoms with van der Waals surface area (Å²) in [6, 6.07) is 9.18. The predicted molar refractivity (Wildman–Crippen MR) is 52.7 cm³/mol. The molecule has 2 atom stereocenters. The Hall–Kier alpha value is -1.44. The molecule has 0 aliphatic carbocycles. The summed E-state index contributed by atoms with van der Waals surface area (Å²) in [5, 5.41) is 11.8. The number of hydrogen-bond acceptors (Lipinski definition) is 3. The summed E-state index contributed by atoms with van der Waals surface area (Å²) < 4.78 is 18.1. The van der Waals surface area contributed by atoms with E-state index in [1.165, 1.54) is 0 Å². The van der Waals surface area contributed by atoms with Crippen LogP contribution in [-0.4, -0.2) is 19.4 Å². The van der Waals surface area contributed by atoms with Crippen molar-refractivity contribution in [3.8, 4) is 6.07 Å². The largest absolute Gasteiger partial charge is 0.338 e. The van der Waals surface area contributed by atoms with Crippen LogP contribution >= 0.6 is 0 Å². The van der Waals surface area contributed by atoms with Crippen molar-refractivity contribution >= 4 is 0 Å². The third-order valence-corrected chi connectivity index (χ3v) is 2.37. The zero-order valence-corrected chi connectivity index (χ0v) is 8.11. The quantitative estimate of drug-likeness (QED) is 0.757. The van der Waals surface area contributed by atoms with Gasteiger partial charge in [0.2, 0.25) is 6.36 Å². The van der Waals surface area contributed by atoms with E-state index in [1.54, 1.807) is 18.2 Å². The molecule has 0 aromatic heterocycles. The minimum Gasteiger partial charge on any atom is -0.338 e. The molecule has 2 rings (SSSR count). The Labute approximate surface area is 87.5 Å². The maximum atomic E-state index is 13.0. The minimum atomic E-state index is -1.30. The number of nitrogens with one attached hydrogen (secondary N) is 1. The van der Waals surface area contributed by atoms with E-state index < -0.39 is 6.36 Å². The second-order valence-electron chi connectivity index (χ2n) is 3.39. The summed E-state index contributed by atoms with van der Waals surface area (Å²) >= 11 is 0. The smallest absolute Gasteiger partial charge is 0.212 e. The van der Waals surface area contributed by atoms with Crippen LogP contribution in [0.15, 0.2) is 24.3 Å². The number of nitrogens with zero attached hydrogens (tertiary/aromatic N) is 1. The average Bonchev–Trinajstić information content (AvgIpc) is 2.29. The van der Waals surface area contributed by atoms with Gasteiger partial charge in [0.1, 0.15) is 0 Å². The van der Waals surface area contributed by atoms with E-state index >= 15 is 0 Å². The molecule has 1 aromatic rings. The zero-order chi connectivity index (χ0) is 10.7. The Bertz CT molecular complexity index is 388. The number of nitriles is 1. The lowest BCUT2D eigenvalue weighted by Crippen LogP contribution is -2.38. The van der Waals surface area contributed by atoms with Crippen LogP contribution in [0, 0.1) is 11.3 Å². The lowest BCUT2D eigenvalue weighted by atomic mass is 10.0. The summed E-state index contributed by atoms with van der Waals surface area (Å²) in [4.78, 5) is 0. The van der Waals surface area contributed by atoms with Crippen molar-refractivity contribution in [3.63, 3.8) is 0 Å². The molecule has 1 N–H and O–H groups in total. The molecule has 2 unspecified atom stereocenters. The van der Waals surface area contributed by atoms with Gasteiger partial charge in [0, 0.05) is 6.54 Å². The number of halogens is 1. The highest BCUT2D eigenvalue weighted by Crippen LogP contribution is 2.24. The maximum Gasteiger partial charge on any atom is 0.212 e. The van der Waals surface area contributed by atoms with Gasteiger partial charge in [-0.05, 0) is 11.6 Å². The summed E-state index contributed by atoms with van der Waals surface area (Å²) in [6.45, 7) is 0.754. The van der Waals surface area contributed by atoms with Crippen molar-refractivity contribution in [1.82, 2.24) is 5.32 Å². The fourth-order valence-electron chi connectivity index (χ4n) is 1.67. The van der Waals surface area contributed by atoms with E-state index in [4.69, 9.17) is 10.00 Å². The van der Waals surface area contributed by atoms with Gasteiger partial charge in [0.05, 0.1) is 24.3 Å². The Balaban J connectivity index is 2.25. The van der Waals surface area contributed by atoms with Crippen molar-refractivity contribution in [2.45, 2.75) is 12.5 Å². The number of benzene rings is 1. The zero-order valence-electron chi connectivity index (χ0n) is 8.11. The van der Waals surface area contributed by atoms with Gasteiger partial charge in [-0.15, -0.1) is 0 Å². The summed E-state index contributed by atoms with van der Waals surface area (Å²) in [7, 11) is 0. The van der Waals surface area contributed by atoms with E-state index in [9.17, 15) is 4.39 Å². The minimum absolute atomic E-state index is 0.214. The molecule has 1 aromatic carbocycles. The van der Waals surface area contributed by atoms with Crippen LogP contribution in [0.4, 0.5) is 4.39 Å². The van der Waals surface area contributed by atoms with Crippen molar-refractivity contribution in [3.05, 3.63) is 35.4 Å². The molecule has 4 heteroatoms. The van der Waals surface area contributed by atoms with E-state index in [1.807, 2.05) is 6.07 Å². The number of rotatable bonds is 1. The van der Waals surface area contributed by atoms with Gasteiger partial charge in [0.15, 0.2) is 0 Å². The van der Waals surface area contributed by atoms with E-state index in [0.717, 1.165) is 5.56 Å². The molecule has 0 saturated carbocycles. The van der Waals surface area contributed by atoms with Crippen molar-refractivity contribution in [1.29, 1.82) is 5.26 Å². The Morgan fingerprint density at radius 3 is 2.93 bits per heavy atom. The van der Waals surface area contributed by atoms with Gasteiger partial charge in [-0.1, -0.05) is 18.2 Å². The number of hydrogen-bond donors (Lipinski definition) is 1. The Morgan fingerprint density at radius 2 is 2.20 bits per heavy atom. The van der Waals surface area contributed by atoms with Crippen molar-refractivity contribution < 1.29 is 9.13 Å². The second kappa shape index (κ2) is 4.39. The number of ether oxygens (including phenoxy) is 1. The third-order valence-electron chi connectivity index (χ3n) is 2.37. The monoisotopic (exact) mass is 206 g/mol. The molecule has 1 saturated heterocycles. The number of alkyl halides is 1. The molecule has 0 amide bonds. The van der Waals surface area contributed by atoms with Crippen LogP contribution in [0.25, 0.3) is 0 Å². The summed E-state index contributed by atoms with van der Waals surface area (Å²) in [5.74, 6) is 0. The lowest BCUT2D eigenvalue weighted by Gasteiger charge is -2.27. The second-order valence-corrected chi connectivity index (χ2v) is 3.39. The molecule has 15 heavy (non-hydrogen) atoms. The standard InChI is InChI=1S/C11H11FN2O/c12-11-7-14-6-10(15-11)9-4-2-1-3-8(9)5-13/h1-4,10-11,14H,6-7H2. The van der Waals surface area contributed by atoms with Crippen LogP contribution in [0.1, 0.15) is 17.2 Å². The van der Waals surface area contributed by atoms with Crippen molar-refractivity contribution in [2.75, 3.05) is 13.1 Å². The highest BCUT2D eigenvalue weighted by molar-refractivity contribution is 5.39. The van der Waals surface area contributed by atoms with Gasteiger partial charge >= 0.3 is 0 Å².